The van der Waals surface area contributed by atoms with E-state index < -0.39 is 0 Å². The molecule has 1 fully saturated rings. The summed E-state index contributed by atoms with van der Waals surface area (Å²) in [6.45, 7) is 9.57. The smallest absolute Gasteiger partial charge is 0.310 e. The van der Waals surface area contributed by atoms with E-state index in [0.29, 0.717) is 19.7 Å². The molecule has 2 heterocycles. The zero-order chi connectivity index (χ0) is 18.1. The van der Waals surface area contributed by atoms with E-state index in [1.165, 1.54) is 11.1 Å². The van der Waals surface area contributed by atoms with Gasteiger partial charge in [-0.15, -0.1) is 24.0 Å². The maximum absolute atomic E-state index is 12.0. The quantitative estimate of drug-likeness (QED) is 0.297. The minimum Gasteiger partial charge on any atom is -0.466 e. The Labute approximate surface area is 173 Å². The summed E-state index contributed by atoms with van der Waals surface area (Å²) in [5.41, 5.74) is 2.47. The Kier molecular flexibility index (Phi) is 10.5. The molecule has 7 heteroatoms. The molecule has 2 rings (SSSR count). The number of nitrogens with one attached hydrogen (secondary N) is 1. The number of carbonyl (C=O) groups is 1. The van der Waals surface area contributed by atoms with Gasteiger partial charge >= 0.3 is 5.97 Å². The molecule has 0 bridgehead atoms. The first-order chi connectivity index (χ1) is 12.2. The number of ether oxygens (including phenoxy) is 1. The number of nitrogens with zero attached hydrogens (tertiary/aromatic N) is 3. The molecule has 0 spiro atoms. The van der Waals surface area contributed by atoms with Crippen molar-refractivity contribution in [2.24, 2.45) is 10.9 Å². The summed E-state index contributed by atoms with van der Waals surface area (Å²) in [5.74, 6) is 0.749. The topological polar surface area (TPSA) is 66.8 Å². The Hall–Kier alpha value is -1.38. The fourth-order valence-electron chi connectivity index (χ4n) is 3.11. The molecule has 1 aromatic heterocycles. The molecule has 0 aliphatic carbocycles. The van der Waals surface area contributed by atoms with Gasteiger partial charge in [0.15, 0.2) is 5.96 Å². The SMILES string of the molecule is CCNC(=NCCc1ccncc1C)N1CCCC(C(=O)OCC)C1.I. The molecule has 26 heavy (non-hydrogen) atoms. The van der Waals surface area contributed by atoms with Crippen LogP contribution in [0.15, 0.2) is 23.5 Å². The Morgan fingerprint density at radius 1 is 1.46 bits per heavy atom. The lowest BCUT2D eigenvalue weighted by Gasteiger charge is -2.34. The standard InChI is InChI=1S/C19H30N4O2.HI/c1-4-21-19(22-11-9-16-8-10-20-13-15(16)3)23-12-6-7-17(14-23)18(24)25-5-2;/h8,10,13,17H,4-7,9,11-12,14H2,1-3H3,(H,21,22);1H. The van der Waals surface area contributed by atoms with Crippen molar-refractivity contribution in [1.82, 2.24) is 15.2 Å². The second kappa shape index (κ2) is 12.1. The van der Waals surface area contributed by atoms with Crippen molar-refractivity contribution < 1.29 is 9.53 Å². The van der Waals surface area contributed by atoms with Gasteiger partial charge in [-0.3, -0.25) is 14.8 Å². The van der Waals surface area contributed by atoms with Crippen molar-refractivity contribution in [3.05, 3.63) is 29.6 Å². The summed E-state index contributed by atoms with van der Waals surface area (Å²) in [5, 5.41) is 3.36. The number of piperidine rings is 1. The molecular weight excluding hydrogens is 443 g/mol. The molecule has 6 nitrogen and oxygen atoms in total. The molecular formula is C19H31IN4O2. The van der Waals surface area contributed by atoms with E-state index in [2.05, 4.69) is 35.1 Å². The van der Waals surface area contributed by atoms with Crippen LogP contribution >= 0.6 is 24.0 Å². The second-order valence-electron chi connectivity index (χ2n) is 6.33. The molecule has 0 aromatic carbocycles. The van der Waals surface area contributed by atoms with Gasteiger partial charge in [0.2, 0.25) is 0 Å². The number of likely N-dealkylation sites (tertiary alicyclic amines) is 1. The predicted octanol–water partition coefficient (Wildman–Crippen LogP) is 2.79. The van der Waals surface area contributed by atoms with Crippen molar-refractivity contribution in [3.63, 3.8) is 0 Å². The molecule has 1 aliphatic heterocycles. The van der Waals surface area contributed by atoms with Crippen LogP contribution in [0.2, 0.25) is 0 Å². The third-order valence-corrected chi connectivity index (χ3v) is 4.45. The van der Waals surface area contributed by atoms with Crippen LogP contribution in [0.5, 0.6) is 0 Å². The Morgan fingerprint density at radius 3 is 2.96 bits per heavy atom. The highest BCUT2D eigenvalue weighted by Gasteiger charge is 2.28. The zero-order valence-electron chi connectivity index (χ0n) is 16.0. The number of pyridine rings is 1. The summed E-state index contributed by atoms with van der Waals surface area (Å²) in [4.78, 5) is 23.1. The highest BCUT2D eigenvalue weighted by atomic mass is 127. The lowest BCUT2D eigenvalue weighted by molar-refractivity contribution is -0.149. The number of aliphatic imine (C=N–C) groups is 1. The average molecular weight is 474 g/mol. The fourth-order valence-corrected chi connectivity index (χ4v) is 3.11. The van der Waals surface area contributed by atoms with Crippen LogP contribution in [0.25, 0.3) is 0 Å². The lowest BCUT2D eigenvalue weighted by atomic mass is 9.98. The molecule has 1 saturated heterocycles. The van der Waals surface area contributed by atoms with E-state index in [0.717, 1.165) is 38.3 Å². The maximum atomic E-state index is 12.0. The Morgan fingerprint density at radius 2 is 2.27 bits per heavy atom. The van der Waals surface area contributed by atoms with Gasteiger partial charge in [-0.1, -0.05) is 0 Å². The number of hydrogen-bond acceptors (Lipinski definition) is 4. The van der Waals surface area contributed by atoms with Gasteiger partial charge in [-0.25, -0.2) is 0 Å². The van der Waals surface area contributed by atoms with Crippen LogP contribution in [-0.2, 0) is 16.0 Å². The molecule has 0 saturated carbocycles. The minimum absolute atomic E-state index is 0. The molecule has 1 atom stereocenters. The summed E-state index contributed by atoms with van der Waals surface area (Å²) in [7, 11) is 0. The first-order valence-corrected chi connectivity index (χ1v) is 9.25. The monoisotopic (exact) mass is 474 g/mol. The maximum Gasteiger partial charge on any atom is 0.310 e. The summed E-state index contributed by atoms with van der Waals surface area (Å²) in [6.07, 6.45) is 6.48. The van der Waals surface area contributed by atoms with E-state index in [9.17, 15) is 4.79 Å². The molecule has 146 valence electrons. The molecule has 0 radical (unpaired) electrons. The summed E-state index contributed by atoms with van der Waals surface area (Å²) >= 11 is 0. The van der Waals surface area contributed by atoms with Crippen LogP contribution in [0, 0.1) is 12.8 Å². The van der Waals surface area contributed by atoms with Gasteiger partial charge in [-0.05, 0) is 57.2 Å². The van der Waals surface area contributed by atoms with E-state index in [4.69, 9.17) is 9.73 Å². The fraction of sp³-hybridized carbons (Fsp3) is 0.632. The van der Waals surface area contributed by atoms with Gasteiger partial charge in [0.25, 0.3) is 0 Å². The number of hydrogen-bond donors (Lipinski definition) is 1. The molecule has 0 amide bonds. The number of aromatic nitrogens is 1. The second-order valence-corrected chi connectivity index (χ2v) is 6.33. The van der Waals surface area contributed by atoms with Gasteiger partial charge in [0.05, 0.1) is 12.5 Å². The first-order valence-electron chi connectivity index (χ1n) is 9.25. The average Bonchev–Trinajstić information content (AvgIpc) is 2.63. The van der Waals surface area contributed by atoms with Gasteiger partial charge in [0, 0.05) is 38.6 Å². The van der Waals surface area contributed by atoms with E-state index in [-0.39, 0.29) is 35.9 Å². The van der Waals surface area contributed by atoms with Crippen LogP contribution in [0.1, 0.15) is 37.8 Å². The van der Waals surface area contributed by atoms with Crippen molar-refractivity contribution >= 4 is 35.9 Å². The van der Waals surface area contributed by atoms with E-state index >= 15 is 0 Å². The lowest BCUT2D eigenvalue weighted by Crippen LogP contribution is -2.48. The highest BCUT2D eigenvalue weighted by molar-refractivity contribution is 14.0. The molecule has 1 aromatic rings. The number of guanidine groups is 1. The van der Waals surface area contributed by atoms with Crippen LogP contribution in [0.3, 0.4) is 0 Å². The number of carbonyl (C=O) groups excluding carboxylic acids is 1. The normalized spacial score (nSPS) is 17.4. The molecule has 1 aliphatic rings. The van der Waals surface area contributed by atoms with Gasteiger partial charge in [0.1, 0.15) is 0 Å². The van der Waals surface area contributed by atoms with Crippen LogP contribution in [0.4, 0.5) is 0 Å². The van der Waals surface area contributed by atoms with Crippen LogP contribution < -0.4 is 5.32 Å². The minimum atomic E-state index is -0.0875. The number of halogens is 1. The first kappa shape index (κ1) is 22.7. The zero-order valence-corrected chi connectivity index (χ0v) is 18.4. The largest absolute Gasteiger partial charge is 0.466 e. The van der Waals surface area contributed by atoms with Crippen molar-refractivity contribution in [3.8, 4) is 0 Å². The van der Waals surface area contributed by atoms with Crippen LogP contribution in [-0.4, -0.2) is 54.6 Å². The summed E-state index contributed by atoms with van der Waals surface area (Å²) < 4.78 is 5.19. The number of aryl methyl sites for hydroxylation is 1. The molecule has 1 unspecified atom stereocenters. The van der Waals surface area contributed by atoms with E-state index in [1.54, 1.807) is 0 Å². The Bertz CT molecular complexity index is 595. The Balaban J connectivity index is 0.00000338. The summed E-state index contributed by atoms with van der Waals surface area (Å²) in [6, 6.07) is 2.05. The van der Waals surface area contributed by atoms with Crippen molar-refractivity contribution in [1.29, 1.82) is 0 Å². The van der Waals surface area contributed by atoms with Gasteiger partial charge < -0.3 is 15.0 Å². The van der Waals surface area contributed by atoms with Crippen molar-refractivity contribution in [2.45, 2.75) is 40.0 Å². The highest BCUT2D eigenvalue weighted by Crippen LogP contribution is 2.18. The number of rotatable bonds is 6. The third-order valence-electron chi connectivity index (χ3n) is 4.45. The van der Waals surface area contributed by atoms with Gasteiger partial charge in [-0.2, -0.15) is 0 Å². The van der Waals surface area contributed by atoms with Crippen molar-refractivity contribution in [2.75, 3.05) is 32.8 Å². The number of esters is 1. The van der Waals surface area contributed by atoms with E-state index in [1.807, 2.05) is 19.3 Å². The molecule has 1 N–H and O–H groups in total. The third kappa shape index (κ3) is 6.74. The predicted molar refractivity (Wildman–Crippen MR) is 115 cm³/mol.